The van der Waals surface area contributed by atoms with Crippen molar-refractivity contribution in [2.75, 3.05) is 7.11 Å². The van der Waals surface area contributed by atoms with Crippen LogP contribution >= 0.6 is 15.9 Å². The number of aromatic nitrogens is 1. The molecule has 0 aliphatic rings. The number of rotatable bonds is 3. The van der Waals surface area contributed by atoms with Gasteiger partial charge in [-0.25, -0.2) is 18.6 Å². The third-order valence-electron chi connectivity index (χ3n) is 1.90. The molecule has 0 radical (unpaired) electrons. The first-order valence-electron chi connectivity index (χ1n) is 4.27. The topological polar surface area (TPSA) is 65.2 Å². The Labute approximate surface area is 98.9 Å². The van der Waals surface area contributed by atoms with E-state index >= 15 is 0 Å². The molecule has 0 fully saturated rings. The standard InChI is InChI=1S/C9H9BrF2N2O2/c1-16-9(15)5-2-4(3-13)14-7(10)6(5)8(11)12/h2,8H,3,13H2,1H3. The third-order valence-corrected chi connectivity index (χ3v) is 2.50. The summed E-state index contributed by atoms with van der Waals surface area (Å²) in [5.74, 6) is -0.840. The van der Waals surface area contributed by atoms with Gasteiger partial charge in [0.2, 0.25) is 0 Å². The minimum atomic E-state index is -2.82. The summed E-state index contributed by atoms with van der Waals surface area (Å²) in [4.78, 5) is 15.1. The summed E-state index contributed by atoms with van der Waals surface area (Å²) in [7, 11) is 1.12. The van der Waals surface area contributed by atoms with E-state index in [9.17, 15) is 13.6 Å². The van der Waals surface area contributed by atoms with E-state index in [0.29, 0.717) is 5.69 Å². The fraction of sp³-hybridized carbons (Fsp3) is 0.333. The molecule has 1 rings (SSSR count). The molecule has 2 N–H and O–H groups in total. The van der Waals surface area contributed by atoms with Gasteiger partial charge in [-0.2, -0.15) is 0 Å². The Bertz CT molecular complexity index is 413. The second kappa shape index (κ2) is 5.31. The monoisotopic (exact) mass is 294 g/mol. The smallest absolute Gasteiger partial charge is 0.338 e. The van der Waals surface area contributed by atoms with E-state index in [-0.39, 0.29) is 16.7 Å². The first kappa shape index (κ1) is 13.0. The summed E-state index contributed by atoms with van der Waals surface area (Å²) in [5, 5.41) is 0. The number of nitrogens with zero attached hydrogens (tertiary/aromatic N) is 1. The lowest BCUT2D eigenvalue weighted by molar-refractivity contribution is 0.0588. The highest BCUT2D eigenvalue weighted by Crippen LogP contribution is 2.30. The molecule has 0 amide bonds. The van der Waals surface area contributed by atoms with Gasteiger partial charge in [0, 0.05) is 6.54 Å². The predicted molar refractivity (Wildman–Crippen MR) is 56.1 cm³/mol. The summed E-state index contributed by atoms with van der Waals surface area (Å²) in [5.41, 5.74) is 4.96. The second-order valence-electron chi connectivity index (χ2n) is 2.86. The Hall–Kier alpha value is -1.08. The van der Waals surface area contributed by atoms with Crippen molar-refractivity contribution in [3.05, 3.63) is 27.5 Å². The van der Waals surface area contributed by atoms with E-state index in [2.05, 4.69) is 25.7 Å². The number of nitrogens with two attached hydrogens (primary N) is 1. The average molecular weight is 295 g/mol. The molecule has 4 nitrogen and oxygen atoms in total. The molecule has 0 aliphatic carbocycles. The molecule has 1 heterocycles. The maximum absolute atomic E-state index is 12.7. The van der Waals surface area contributed by atoms with Crippen LogP contribution in [0.15, 0.2) is 10.7 Å². The molecule has 0 atom stereocenters. The van der Waals surface area contributed by atoms with Crippen molar-refractivity contribution in [1.82, 2.24) is 4.98 Å². The maximum atomic E-state index is 12.7. The van der Waals surface area contributed by atoms with Crippen molar-refractivity contribution in [1.29, 1.82) is 0 Å². The second-order valence-corrected chi connectivity index (χ2v) is 3.61. The molecule has 0 aliphatic heterocycles. The fourth-order valence-electron chi connectivity index (χ4n) is 1.17. The van der Waals surface area contributed by atoms with Gasteiger partial charge in [0.25, 0.3) is 6.43 Å². The highest BCUT2D eigenvalue weighted by Gasteiger charge is 2.23. The number of carbonyl (C=O) groups excluding carboxylic acids is 1. The van der Waals surface area contributed by atoms with Crippen LogP contribution in [0.1, 0.15) is 28.0 Å². The zero-order valence-electron chi connectivity index (χ0n) is 8.34. The van der Waals surface area contributed by atoms with Gasteiger partial charge in [-0.05, 0) is 22.0 Å². The number of pyridine rings is 1. The molecule has 1 aromatic heterocycles. The molecule has 0 unspecified atom stereocenters. The fourth-order valence-corrected chi connectivity index (χ4v) is 1.78. The van der Waals surface area contributed by atoms with Gasteiger partial charge >= 0.3 is 5.97 Å². The highest BCUT2D eigenvalue weighted by atomic mass is 79.9. The largest absolute Gasteiger partial charge is 0.465 e. The van der Waals surface area contributed by atoms with Crippen molar-refractivity contribution in [2.24, 2.45) is 5.73 Å². The van der Waals surface area contributed by atoms with Crippen LogP contribution in [0.5, 0.6) is 0 Å². The van der Waals surface area contributed by atoms with Crippen molar-refractivity contribution in [2.45, 2.75) is 13.0 Å². The number of hydrogen-bond acceptors (Lipinski definition) is 4. The van der Waals surface area contributed by atoms with Crippen LogP contribution in [0.2, 0.25) is 0 Å². The minimum Gasteiger partial charge on any atom is -0.465 e. The lowest BCUT2D eigenvalue weighted by Crippen LogP contribution is -2.11. The highest BCUT2D eigenvalue weighted by molar-refractivity contribution is 9.10. The molecule has 0 aromatic carbocycles. The number of carbonyl (C=O) groups is 1. The first-order valence-corrected chi connectivity index (χ1v) is 5.06. The molecule has 16 heavy (non-hydrogen) atoms. The molecular weight excluding hydrogens is 286 g/mol. The van der Waals surface area contributed by atoms with E-state index in [1.165, 1.54) is 6.07 Å². The molecular formula is C9H9BrF2N2O2. The Morgan fingerprint density at radius 1 is 1.69 bits per heavy atom. The summed E-state index contributed by atoms with van der Waals surface area (Å²) >= 11 is 2.88. The lowest BCUT2D eigenvalue weighted by Gasteiger charge is -2.10. The van der Waals surface area contributed by atoms with Crippen LogP contribution in [0.25, 0.3) is 0 Å². The Morgan fingerprint density at radius 2 is 2.31 bits per heavy atom. The summed E-state index contributed by atoms with van der Waals surface area (Å²) in [6, 6.07) is 1.21. The lowest BCUT2D eigenvalue weighted by atomic mass is 10.1. The normalized spacial score (nSPS) is 10.6. The van der Waals surface area contributed by atoms with Crippen molar-refractivity contribution < 1.29 is 18.3 Å². The zero-order valence-corrected chi connectivity index (χ0v) is 9.92. The van der Waals surface area contributed by atoms with E-state index in [0.717, 1.165) is 7.11 Å². The Balaban J connectivity index is 3.40. The van der Waals surface area contributed by atoms with Crippen LogP contribution in [0.3, 0.4) is 0 Å². The van der Waals surface area contributed by atoms with Crippen LogP contribution in [0, 0.1) is 0 Å². The number of alkyl halides is 2. The zero-order chi connectivity index (χ0) is 12.3. The van der Waals surface area contributed by atoms with E-state index in [4.69, 9.17) is 5.73 Å². The number of ether oxygens (including phenoxy) is 1. The number of halogens is 3. The number of hydrogen-bond donors (Lipinski definition) is 1. The summed E-state index contributed by atoms with van der Waals surface area (Å²) in [6.07, 6.45) is -2.82. The van der Waals surface area contributed by atoms with Crippen molar-refractivity contribution in [3.63, 3.8) is 0 Å². The minimum absolute atomic E-state index is 0.0477. The van der Waals surface area contributed by atoms with Gasteiger partial charge in [0.15, 0.2) is 0 Å². The number of methoxy groups -OCH3 is 1. The SMILES string of the molecule is COC(=O)c1cc(CN)nc(Br)c1C(F)F. The number of esters is 1. The van der Waals surface area contributed by atoms with Crippen molar-refractivity contribution >= 4 is 21.9 Å². The van der Waals surface area contributed by atoms with Gasteiger partial charge in [0.05, 0.1) is 23.9 Å². The van der Waals surface area contributed by atoms with E-state index < -0.39 is 18.0 Å². The molecule has 1 aromatic rings. The molecule has 0 saturated carbocycles. The molecule has 0 bridgehead atoms. The van der Waals surface area contributed by atoms with Gasteiger partial charge in [-0.15, -0.1) is 0 Å². The molecule has 7 heteroatoms. The van der Waals surface area contributed by atoms with Crippen LogP contribution in [-0.4, -0.2) is 18.1 Å². The van der Waals surface area contributed by atoms with Crippen LogP contribution in [0.4, 0.5) is 8.78 Å². The predicted octanol–water partition coefficient (Wildman–Crippen LogP) is 2.03. The van der Waals surface area contributed by atoms with Gasteiger partial charge in [-0.1, -0.05) is 0 Å². The Morgan fingerprint density at radius 3 is 2.75 bits per heavy atom. The molecule has 0 saturated heterocycles. The van der Waals surface area contributed by atoms with Crippen LogP contribution < -0.4 is 5.73 Å². The van der Waals surface area contributed by atoms with Gasteiger partial charge < -0.3 is 10.5 Å². The maximum Gasteiger partial charge on any atom is 0.338 e. The Kier molecular flexibility index (Phi) is 4.31. The van der Waals surface area contributed by atoms with Crippen molar-refractivity contribution in [3.8, 4) is 0 Å². The van der Waals surface area contributed by atoms with Crippen LogP contribution in [-0.2, 0) is 11.3 Å². The first-order chi connectivity index (χ1) is 7.51. The molecule has 0 spiro atoms. The molecule has 88 valence electrons. The summed E-state index contributed by atoms with van der Waals surface area (Å²) < 4.78 is 29.8. The quantitative estimate of drug-likeness (QED) is 0.684. The van der Waals surface area contributed by atoms with Gasteiger partial charge in [-0.3, -0.25) is 0 Å². The van der Waals surface area contributed by atoms with Gasteiger partial charge in [0.1, 0.15) is 4.60 Å². The third kappa shape index (κ3) is 2.53. The average Bonchev–Trinajstić information content (AvgIpc) is 2.26. The van der Waals surface area contributed by atoms with E-state index in [1.807, 2.05) is 0 Å². The summed E-state index contributed by atoms with van der Waals surface area (Å²) in [6.45, 7) is 0.0477. The van der Waals surface area contributed by atoms with E-state index in [1.54, 1.807) is 0 Å².